The number of fused-ring (bicyclic) bond motifs is 1. The molecular formula is C18H26N2O4. The van der Waals surface area contributed by atoms with Gasteiger partial charge in [0.1, 0.15) is 0 Å². The highest BCUT2D eigenvalue weighted by Gasteiger charge is 2.16. The third kappa shape index (κ3) is 5.15. The van der Waals surface area contributed by atoms with E-state index in [1.807, 2.05) is 19.1 Å². The quantitative estimate of drug-likeness (QED) is 0.714. The number of methoxy groups -OCH3 is 1. The van der Waals surface area contributed by atoms with Gasteiger partial charge in [-0.2, -0.15) is 0 Å². The number of hydrogen-bond acceptors (Lipinski definition) is 4. The van der Waals surface area contributed by atoms with Crippen LogP contribution in [-0.4, -0.2) is 42.3 Å². The van der Waals surface area contributed by atoms with Crippen LogP contribution in [0.15, 0.2) is 18.2 Å². The number of amides is 1. The molecule has 1 amide bonds. The van der Waals surface area contributed by atoms with Crippen LogP contribution in [-0.2, 0) is 22.5 Å². The first-order chi connectivity index (χ1) is 11.5. The molecule has 0 aromatic heterocycles. The molecule has 132 valence electrons. The number of esters is 1. The minimum absolute atomic E-state index is 0.220. The van der Waals surface area contributed by atoms with Crippen LogP contribution in [0, 0.1) is 5.92 Å². The average Bonchev–Trinajstić information content (AvgIpc) is 3.03. The summed E-state index contributed by atoms with van der Waals surface area (Å²) in [4.78, 5) is 24.1. The molecule has 1 aromatic rings. The number of anilines is 1. The smallest absolute Gasteiger partial charge is 0.407 e. The maximum absolute atomic E-state index is 11.5. The zero-order valence-corrected chi connectivity index (χ0v) is 14.4. The molecule has 1 aliphatic rings. The van der Waals surface area contributed by atoms with E-state index < -0.39 is 6.09 Å². The fourth-order valence-corrected chi connectivity index (χ4v) is 2.89. The molecule has 6 nitrogen and oxygen atoms in total. The van der Waals surface area contributed by atoms with E-state index in [4.69, 9.17) is 0 Å². The van der Waals surface area contributed by atoms with Gasteiger partial charge in [0.25, 0.3) is 0 Å². The Morgan fingerprint density at radius 3 is 2.88 bits per heavy atom. The van der Waals surface area contributed by atoms with Crippen molar-refractivity contribution >= 4 is 17.7 Å². The van der Waals surface area contributed by atoms with E-state index in [2.05, 4.69) is 16.1 Å². The van der Waals surface area contributed by atoms with Crippen LogP contribution in [0.25, 0.3) is 0 Å². The lowest BCUT2D eigenvalue weighted by molar-refractivity contribution is -0.140. The number of ether oxygens (including phenoxy) is 1. The molecule has 0 fully saturated rings. The van der Waals surface area contributed by atoms with Gasteiger partial charge in [-0.05, 0) is 42.4 Å². The molecule has 1 aromatic carbocycles. The molecule has 6 heteroatoms. The third-order valence-electron chi connectivity index (χ3n) is 4.49. The number of nitrogens with zero attached hydrogens (tertiary/aromatic N) is 1. The summed E-state index contributed by atoms with van der Waals surface area (Å²) >= 11 is 0. The van der Waals surface area contributed by atoms with Gasteiger partial charge < -0.3 is 20.1 Å². The zero-order valence-electron chi connectivity index (χ0n) is 14.4. The van der Waals surface area contributed by atoms with Crippen molar-refractivity contribution in [2.75, 3.05) is 25.5 Å². The molecule has 1 atom stereocenters. The second-order valence-corrected chi connectivity index (χ2v) is 6.38. The lowest BCUT2D eigenvalue weighted by Gasteiger charge is -2.21. The maximum atomic E-state index is 11.5. The minimum atomic E-state index is -0.913. The molecule has 0 bridgehead atoms. The molecule has 24 heavy (non-hydrogen) atoms. The van der Waals surface area contributed by atoms with Gasteiger partial charge in [-0.1, -0.05) is 19.1 Å². The van der Waals surface area contributed by atoms with Crippen molar-refractivity contribution in [2.24, 2.45) is 5.92 Å². The van der Waals surface area contributed by atoms with E-state index in [9.17, 15) is 14.7 Å². The van der Waals surface area contributed by atoms with Gasteiger partial charge >= 0.3 is 12.1 Å². The average molecular weight is 334 g/mol. The Hall–Kier alpha value is -2.24. The van der Waals surface area contributed by atoms with Gasteiger partial charge in [0, 0.05) is 31.7 Å². The Morgan fingerprint density at radius 2 is 2.17 bits per heavy atom. The van der Waals surface area contributed by atoms with Gasteiger partial charge in [0.15, 0.2) is 0 Å². The highest BCUT2D eigenvalue weighted by Crippen LogP contribution is 2.24. The number of carboxylic acid groups (broad SMARTS) is 1. The highest BCUT2D eigenvalue weighted by molar-refractivity contribution is 5.69. The molecule has 1 aliphatic heterocycles. The monoisotopic (exact) mass is 334 g/mol. The topological polar surface area (TPSA) is 78.9 Å². The fraction of sp³-hybridized carbons (Fsp3) is 0.556. The van der Waals surface area contributed by atoms with Crippen LogP contribution in [0.1, 0.15) is 37.3 Å². The molecule has 0 radical (unpaired) electrons. The zero-order chi connectivity index (χ0) is 17.5. The largest absolute Gasteiger partial charge is 0.469 e. The molecule has 0 spiro atoms. The summed E-state index contributed by atoms with van der Waals surface area (Å²) < 4.78 is 4.63. The second-order valence-electron chi connectivity index (χ2n) is 6.38. The standard InChI is InChI=1S/C18H26N2O4/c1-13(3-6-17(21)24-2)8-10-20(18(22)23)12-14-4-5-15-7-9-19-16(15)11-14/h4-5,11,13,19H,3,6-10,12H2,1-2H3,(H,22,23). The first-order valence-corrected chi connectivity index (χ1v) is 8.40. The molecule has 2 N–H and O–H groups in total. The minimum Gasteiger partial charge on any atom is -0.469 e. The van der Waals surface area contributed by atoms with Crippen molar-refractivity contribution in [1.82, 2.24) is 4.90 Å². The fourth-order valence-electron chi connectivity index (χ4n) is 2.89. The van der Waals surface area contributed by atoms with E-state index in [-0.39, 0.29) is 11.9 Å². The van der Waals surface area contributed by atoms with Gasteiger partial charge in [0.2, 0.25) is 0 Å². The van der Waals surface area contributed by atoms with Crippen molar-refractivity contribution in [3.63, 3.8) is 0 Å². The van der Waals surface area contributed by atoms with Crippen LogP contribution in [0.5, 0.6) is 0 Å². The van der Waals surface area contributed by atoms with Crippen LogP contribution in [0.3, 0.4) is 0 Å². The molecule has 0 saturated heterocycles. The summed E-state index contributed by atoms with van der Waals surface area (Å²) in [5.74, 6) is 0.0511. The first-order valence-electron chi connectivity index (χ1n) is 8.40. The van der Waals surface area contributed by atoms with E-state index in [0.29, 0.717) is 25.9 Å². The van der Waals surface area contributed by atoms with Crippen molar-refractivity contribution in [1.29, 1.82) is 0 Å². The summed E-state index contributed by atoms with van der Waals surface area (Å²) in [5, 5.41) is 12.7. The van der Waals surface area contributed by atoms with Gasteiger partial charge in [0.05, 0.1) is 7.11 Å². The second kappa shape index (κ2) is 8.57. The molecule has 0 saturated carbocycles. The molecule has 1 heterocycles. The van der Waals surface area contributed by atoms with Crippen LogP contribution in [0.4, 0.5) is 10.5 Å². The van der Waals surface area contributed by atoms with Crippen molar-refractivity contribution in [3.8, 4) is 0 Å². The molecule has 1 unspecified atom stereocenters. The Labute approximate surface area is 142 Å². The Balaban J connectivity index is 1.85. The number of carbonyl (C=O) groups is 2. The van der Waals surface area contributed by atoms with Crippen LogP contribution >= 0.6 is 0 Å². The summed E-state index contributed by atoms with van der Waals surface area (Å²) in [6.45, 7) is 3.82. The Morgan fingerprint density at radius 1 is 1.38 bits per heavy atom. The van der Waals surface area contributed by atoms with E-state index in [1.165, 1.54) is 17.6 Å². The van der Waals surface area contributed by atoms with Gasteiger partial charge in [-0.3, -0.25) is 4.79 Å². The normalized spacial score (nSPS) is 13.8. The number of nitrogens with one attached hydrogen (secondary N) is 1. The van der Waals surface area contributed by atoms with Crippen molar-refractivity contribution in [3.05, 3.63) is 29.3 Å². The lowest BCUT2D eigenvalue weighted by atomic mass is 10.0. The van der Waals surface area contributed by atoms with Crippen LogP contribution < -0.4 is 5.32 Å². The summed E-state index contributed by atoms with van der Waals surface area (Å²) in [6.07, 6.45) is 1.93. The summed E-state index contributed by atoms with van der Waals surface area (Å²) in [7, 11) is 1.38. The lowest BCUT2D eigenvalue weighted by Crippen LogP contribution is -2.30. The summed E-state index contributed by atoms with van der Waals surface area (Å²) in [5.41, 5.74) is 3.40. The number of carbonyl (C=O) groups excluding carboxylic acids is 1. The van der Waals surface area contributed by atoms with Gasteiger partial charge in [-0.25, -0.2) is 4.79 Å². The first kappa shape index (κ1) is 18.1. The van der Waals surface area contributed by atoms with E-state index in [0.717, 1.165) is 30.6 Å². The van der Waals surface area contributed by atoms with Gasteiger partial charge in [-0.15, -0.1) is 0 Å². The molecule has 0 aliphatic carbocycles. The summed E-state index contributed by atoms with van der Waals surface area (Å²) in [6, 6.07) is 6.12. The number of rotatable bonds is 8. The number of hydrogen-bond donors (Lipinski definition) is 2. The Bertz CT molecular complexity index is 588. The SMILES string of the molecule is COC(=O)CCC(C)CCN(Cc1ccc2c(c1)NCC2)C(=O)O. The molecule has 2 rings (SSSR count). The van der Waals surface area contributed by atoms with Crippen molar-refractivity contribution in [2.45, 2.75) is 39.2 Å². The van der Waals surface area contributed by atoms with E-state index >= 15 is 0 Å². The van der Waals surface area contributed by atoms with Crippen molar-refractivity contribution < 1.29 is 19.4 Å². The Kier molecular flexibility index (Phi) is 6.46. The van der Waals surface area contributed by atoms with E-state index in [1.54, 1.807) is 0 Å². The third-order valence-corrected chi connectivity index (χ3v) is 4.49. The predicted octanol–water partition coefficient (Wildman–Crippen LogP) is 3.11. The highest BCUT2D eigenvalue weighted by atomic mass is 16.5. The van der Waals surface area contributed by atoms with Crippen LogP contribution in [0.2, 0.25) is 0 Å². The predicted molar refractivity (Wildman–Crippen MR) is 92.1 cm³/mol. The molecular weight excluding hydrogens is 308 g/mol. The maximum Gasteiger partial charge on any atom is 0.407 e. The number of benzene rings is 1.